The van der Waals surface area contributed by atoms with E-state index in [2.05, 4.69) is 0 Å². The third kappa shape index (κ3) is 4.33. The van der Waals surface area contributed by atoms with Gasteiger partial charge in [-0.15, -0.1) is 0 Å². The first-order chi connectivity index (χ1) is 15.3. The van der Waals surface area contributed by atoms with E-state index in [1.807, 2.05) is 54.6 Å². The number of amides is 1. The molecule has 1 saturated heterocycles. The molecule has 7 nitrogen and oxygen atoms in total. The van der Waals surface area contributed by atoms with Crippen molar-refractivity contribution in [3.8, 4) is 17.2 Å². The van der Waals surface area contributed by atoms with Gasteiger partial charge in [0.05, 0.1) is 6.54 Å². The Bertz CT molecular complexity index is 1040. The van der Waals surface area contributed by atoms with Crippen molar-refractivity contribution in [3.05, 3.63) is 90.0 Å². The van der Waals surface area contributed by atoms with Crippen molar-refractivity contribution in [2.24, 2.45) is 0 Å². The fourth-order valence-corrected chi connectivity index (χ4v) is 3.44. The molecule has 2 atom stereocenters. The van der Waals surface area contributed by atoms with E-state index in [9.17, 15) is 4.79 Å². The monoisotopic (exact) mass is 419 g/mol. The number of para-hydroxylation sites is 1. The van der Waals surface area contributed by atoms with Crippen LogP contribution >= 0.6 is 0 Å². The number of benzene rings is 3. The summed E-state index contributed by atoms with van der Waals surface area (Å²) < 4.78 is 22.9. The molecule has 0 radical (unpaired) electrons. The van der Waals surface area contributed by atoms with Gasteiger partial charge in [0.15, 0.2) is 11.5 Å². The van der Waals surface area contributed by atoms with Crippen molar-refractivity contribution < 1.29 is 28.6 Å². The van der Waals surface area contributed by atoms with Gasteiger partial charge in [0.25, 0.3) is 5.91 Å². The maximum absolute atomic E-state index is 13.0. The molecule has 0 aromatic heterocycles. The van der Waals surface area contributed by atoms with Crippen LogP contribution in [0.25, 0.3) is 0 Å². The lowest BCUT2D eigenvalue weighted by Crippen LogP contribution is -2.47. The highest BCUT2D eigenvalue weighted by atomic mass is 16.8. The summed E-state index contributed by atoms with van der Waals surface area (Å²) in [6.45, 7) is 0.686. The normalized spacial score (nSPS) is 19.8. The molecule has 1 amide bonds. The second-order valence-corrected chi connectivity index (χ2v) is 7.16. The number of carbonyl (C=O) groups is 1. The average Bonchev–Trinajstić information content (AvgIpc) is 3.31. The van der Waals surface area contributed by atoms with Crippen LogP contribution in [0, 0.1) is 0 Å². The topological polar surface area (TPSA) is 66.5 Å². The molecule has 0 bridgehead atoms. The second kappa shape index (κ2) is 8.67. The Balaban J connectivity index is 1.37. The molecule has 0 spiro atoms. The maximum Gasteiger partial charge on any atom is 0.277 e. The van der Waals surface area contributed by atoms with Crippen molar-refractivity contribution in [1.82, 2.24) is 5.06 Å². The number of ether oxygens (including phenoxy) is 4. The van der Waals surface area contributed by atoms with Gasteiger partial charge in [0.2, 0.25) is 13.1 Å². The van der Waals surface area contributed by atoms with Crippen LogP contribution in [0.3, 0.4) is 0 Å². The Hall–Kier alpha value is -3.55. The fraction of sp³-hybridized carbons (Fsp3) is 0.208. The Labute approximate surface area is 179 Å². The molecular formula is C24H21NO6. The van der Waals surface area contributed by atoms with Crippen LogP contribution in [0.15, 0.2) is 78.9 Å². The highest BCUT2D eigenvalue weighted by molar-refractivity contribution is 5.93. The molecule has 3 aromatic rings. The first-order valence-corrected chi connectivity index (χ1v) is 10.0. The van der Waals surface area contributed by atoms with Crippen LogP contribution in [0.4, 0.5) is 0 Å². The number of hydroxylamine groups is 2. The highest BCUT2D eigenvalue weighted by Gasteiger charge is 2.34. The number of fused-ring (bicyclic) bond motifs is 1. The van der Waals surface area contributed by atoms with E-state index < -0.39 is 12.4 Å². The Kier molecular flexibility index (Phi) is 5.43. The third-order valence-corrected chi connectivity index (χ3v) is 5.00. The van der Waals surface area contributed by atoms with Gasteiger partial charge in [-0.25, -0.2) is 9.90 Å². The van der Waals surface area contributed by atoms with Crippen molar-refractivity contribution in [3.63, 3.8) is 0 Å². The van der Waals surface area contributed by atoms with E-state index >= 15 is 0 Å². The molecule has 7 heteroatoms. The minimum absolute atomic E-state index is 0.178. The van der Waals surface area contributed by atoms with Crippen LogP contribution in [-0.4, -0.2) is 37.0 Å². The van der Waals surface area contributed by atoms with Crippen LogP contribution in [0.2, 0.25) is 0 Å². The molecule has 2 aliphatic rings. The molecule has 31 heavy (non-hydrogen) atoms. The summed E-state index contributed by atoms with van der Waals surface area (Å²) in [6, 6.07) is 23.9. The van der Waals surface area contributed by atoms with Crippen LogP contribution in [0.5, 0.6) is 17.2 Å². The average molecular weight is 419 g/mol. The molecular weight excluding hydrogens is 398 g/mol. The van der Waals surface area contributed by atoms with Crippen LogP contribution in [-0.2, 0) is 9.57 Å². The zero-order valence-electron chi connectivity index (χ0n) is 16.7. The molecule has 158 valence electrons. The summed E-state index contributed by atoms with van der Waals surface area (Å²) in [5, 5.41) is 1.34. The maximum atomic E-state index is 13.0. The summed E-state index contributed by atoms with van der Waals surface area (Å²) >= 11 is 0. The van der Waals surface area contributed by atoms with Crippen LogP contribution < -0.4 is 14.2 Å². The zero-order valence-corrected chi connectivity index (χ0v) is 16.7. The molecule has 0 N–H and O–H groups in total. The number of nitrogens with zero attached hydrogens (tertiary/aromatic N) is 1. The Morgan fingerprint density at radius 1 is 0.935 bits per heavy atom. The van der Waals surface area contributed by atoms with E-state index in [4.69, 9.17) is 23.8 Å². The predicted molar refractivity (Wildman–Crippen MR) is 111 cm³/mol. The van der Waals surface area contributed by atoms with E-state index in [1.165, 1.54) is 5.06 Å². The van der Waals surface area contributed by atoms with Crippen molar-refractivity contribution in [2.45, 2.75) is 12.4 Å². The number of rotatable bonds is 5. The summed E-state index contributed by atoms with van der Waals surface area (Å²) in [6.07, 6.45) is -1.18. The van der Waals surface area contributed by atoms with Crippen LogP contribution in [0.1, 0.15) is 22.2 Å². The SMILES string of the molecule is O=C(c1ccccc1)N1C[C@@H](COc2ccccc2)O[C@@H](c2ccc3c(c2)OCO3)O1. The summed E-state index contributed by atoms with van der Waals surface area (Å²) in [4.78, 5) is 19.0. The Morgan fingerprint density at radius 3 is 2.48 bits per heavy atom. The zero-order chi connectivity index (χ0) is 21.0. The van der Waals surface area contributed by atoms with Gasteiger partial charge in [0.1, 0.15) is 18.5 Å². The Morgan fingerprint density at radius 2 is 1.68 bits per heavy atom. The third-order valence-electron chi connectivity index (χ3n) is 5.00. The smallest absolute Gasteiger partial charge is 0.277 e. The molecule has 2 aliphatic heterocycles. The van der Waals surface area contributed by atoms with E-state index in [0.29, 0.717) is 17.1 Å². The molecule has 3 aromatic carbocycles. The minimum atomic E-state index is -0.791. The predicted octanol–water partition coefficient (Wildman–Crippen LogP) is 3.97. The van der Waals surface area contributed by atoms with Crippen molar-refractivity contribution in [2.75, 3.05) is 19.9 Å². The number of hydrogen-bond donors (Lipinski definition) is 0. The minimum Gasteiger partial charge on any atom is -0.491 e. The van der Waals surface area contributed by atoms with Crippen molar-refractivity contribution in [1.29, 1.82) is 0 Å². The molecule has 2 heterocycles. The van der Waals surface area contributed by atoms with Gasteiger partial charge in [-0.3, -0.25) is 4.79 Å². The second-order valence-electron chi connectivity index (χ2n) is 7.16. The van der Waals surface area contributed by atoms with Crippen molar-refractivity contribution >= 4 is 5.91 Å². The fourth-order valence-electron chi connectivity index (χ4n) is 3.44. The van der Waals surface area contributed by atoms with Gasteiger partial charge in [-0.05, 0) is 42.5 Å². The largest absolute Gasteiger partial charge is 0.491 e. The lowest BCUT2D eigenvalue weighted by Gasteiger charge is -2.37. The number of hydrogen-bond acceptors (Lipinski definition) is 6. The number of carbonyl (C=O) groups excluding carboxylic acids is 1. The quantitative estimate of drug-likeness (QED) is 0.624. The highest BCUT2D eigenvalue weighted by Crippen LogP contribution is 2.37. The summed E-state index contributed by atoms with van der Waals surface area (Å²) in [7, 11) is 0. The lowest BCUT2D eigenvalue weighted by molar-refractivity contribution is -0.325. The van der Waals surface area contributed by atoms with E-state index in [0.717, 1.165) is 11.3 Å². The first-order valence-electron chi connectivity index (χ1n) is 10.0. The molecule has 0 saturated carbocycles. The van der Waals surface area contributed by atoms with Gasteiger partial charge < -0.3 is 18.9 Å². The molecule has 1 fully saturated rings. The van der Waals surface area contributed by atoms with Gasteiger partial charge in [-0.2, -0.15) is 0 Å². The molecule has 0 unspecified atom stereocenters. The first kappa shape index (κ1) is 19.4. The van der Waals surface area contributed by atoms with Gasteiger partial charge >= 0.3 is 0 Å². The molecule has 0 aliphatic carbocycles. The lowest BCUT2D eigenvalue weighted by atomic mass is 10.1. The standard InChI is InChI=1S/C24H21NO6/c26-23(17-7-3-1-4-8-17)25-14-20(15-27-19-9-5-2-6-10-19)30-24(31-25)18-11-12-21-22(13-18)29-16-28-21/h1-13,20,24H,14-16H2/t20-,24+/m0/s1. The van der Waals surface area contributed by atoms with E-state index in [-0.39, 0.29) is 25.9 Å². The summed E-state index contributed by atoms with van der Waals surface area (Å²) in [5.74, 6) is 1.78. The van der Waals surface area contributed by atoms with Gasteiger partial charge in [-0.1, -0.05) is 36.4 Å². The summed E-state index contributed by atoms with van der Waals surface area (Å²) in [5.41, 5.74) is 1.26. The van der Waals surface area contributed by atoms with Gasteiger partial charge in [0, 0.05) is 11.1 Å². The molecule has 5 rings (SSSR count). The van der Waals surface area contributed by atoms with E-state index in [1.54, 1.807) is 24.3 Å².